The Morgan fingerprint density at radius 1 is 1.44 bits per heavy atom. The highest BCUT2D eigenvalue weighted by Gasteiger charge is 2.09. The molecule has 88 valence electrons. The lowest BCUT2D eigenvalue weighted by Crippen LogP contribution is -2.10. The molecular formula is C9H9Br2NO3S. The molecule has 0 heterocycles. The molecule has 0 amide bonds. The Hall–Kier alpha value is -0.400. The third-order valence-electron chi connectivity index (χ3n) is 1.71. The first-order valence-corrected chi connectivity index (χ1v) is 8.00. The lowest BCUT2D eigenvalue weighted by atomic mass is 10.1. The maximum Gasteiger partial charge on any atom is 0.229 e. The van der Waals surface area contributed by atoms with E-state index >= 15 is 0 Å². The topological polar surface area (TPSA) is 63.2 Å². The zero-order valence-corrected chi connectivity index (χ0v) is 12.3. The molecular weight excluding hydrogens is 362 g/mol. The fourth-order valence-electron chi connectivity index (χ4n) is 1.05. The molecule has 0 radical (unpaired) electrons. The molecule has 0 saturated heterocycles. The predicted octanol–water partition coefficient (Wildman–Crippen LogP) is 2.40. The fourth-order valence-corrected chi connectivity index (χ4v) is 2.56. The number of alkyl halides is 1. The van der Waals surface area contributed by atoms with Gasteiger partial charge in [0.2, 0.25) is 10.0 Å². The van der Waals surface area contributed by atoms with Gasteiger partial charge in [-0.05, 0) is 34.1 Å². The summed E-state index contributed by atoms with van der Waals surface area (Å²) >= 11 is 6.27. The van der Waals surface area contributed by atoms with Gasteiger partial charge in [0.15, 0.2) is 5.78 Å². The minimum Gasteiger partial charge on any atom is -0.293 e. The van der Waals surface area contributed by atoms with Crippen LogP contribution in [0.2, 0.25) is 0 Å². The maximum atomic E-state index is 11.4. The molecule has 0 aliphatic carbocycles. The summed E-state index contributed by atoms with van der Waals surface area (Å²) in [5.74, 6) is -0.0633. The molecule has 0 unspecified atom stereocenters. The monoisotopic (exact) mass is 369 g/mol. The molecule has 1 rings (SSSR count). The van der Waals surface area contributed by atoms with Gasteiger partial charge in [-0.1, -0.05) is 15.9 Å². The number of Topliss-reactive ketones (excluding diaryl/α,β-unsaturated/α-hetero) is 1. The number of carbonyl (C=O) groups excluding carboxylic acids is 1. The first-order chi connectivity index (χ1) is 7.33. The van der Waals surface area contributed by atoms with Crippen LogP contribution in [0.25, 0.3) is 0 Å². The lowest BCUT2D eigenvalue weighted by Gasteiger charge is -2.07. The first-order valence-electron chi connectivity index (χ1n) is 4.20. The Morgan fingerprint density at radius 2 is 2.06 bits per heavy atom. The molecule has 4 nitrogen and oxygen atoms in total. The van der Waals surface area contributed by atoms with Gasteiger partial charge in [0.25, 0.3) is 0 Å². The van der Waals surface area contributed by atoms with Gasteiger partial charge in [-0.2, -0.15) is 0 Å². The van der Waals surface area contributed by atoms with Crippen LogP contribution in [0.5, 0.6) is 0 Å². The van der Waals surface area contributed by atoms with Gasteiger partial charge >= 0.3 is 0 Å². The van der Waals surface area contributed by atoms with Crippen LogP contribution in [0.15, 0.2) is 22.7 Å². The molecule has 0 aromatic heterocycles. The summed E-state index contributed by atoms with van der Waals surface area (Å²) < 4.78 is 24.9. The summed E-state index contributed by atoms with van der Waals surface area (Å²) in [6, 6.07) is 4.69. The summed E-state index contributed by atoms with van der Waals surface area (Å²) in [5.41, 5.74) is 0.927. The number of benzene rings is 1. The van der Waals surface area contributed by atoms with Crippen LogP contribution >= 0.6 is 31.9 Å². The summed E-state index contributed by atoms with van der Waals surface area (Å²) in [7, 11) is -3.31. The zero-order chi connectivity index (χ0) is 12.3. The van der Waals surface area contributed by atoms with Crippen LogP contribution in [0.1, 0.15) is 10.4 Å². The molecule has 0 saturated carbocycles. The Bertz CT molecular complexity index is 513. The number of hydrogen-bond donors (Lipinski definition) is 1. The van der Waals surface area contributed by atoms with E-state index in [0.717, 1.165) is 6.26 Å². The van der Waals surface area contributed by atoms with Crippen molar-refractivity contribution in [3.05, 3.63) is 28.2 Å². The third kappa shape index (κ3) is 3.88. The second kappa shape index (κ2) is 5.29. The molecule has 7 heteroatoms. The fraction of sp³-hybridized carbons (Fsp3) is 0.222. The number of anilines is 1. The van der Waals surface area contributed by atoms with Crippen LogP contribution in [-0.2, 0) is 10.0 Å². The average molecular weight is 371 g/mol. The normalized spacial score (nSPS) is 11.2. The van der Waals surface area contributed by atoms with Crippen LogP contribution in [-0.4, -0.2) is 25.8 Å². The van der Waals surface area contributed by atoms with E-state index in [-0.39, 0.29) is 11.1 Å². The molecule has 16 heavy (non-hydrogen) atoms. The highest BCUT2D eigenvalue weighted by atomic mass is 79.9. The Labute approximate surface area is 111 Å². The molecule has 0 fully saturated rings. The Kier molecular flexibility index (Phi) is 4.52. The van der Waals surface area contributed by atoms with E-state index < -0.39 is 10.0 Å². The number of halogens is 2. The Morgan fingerprint density at radius 3 is 2.50 bits per heavy atom. The summed E-state index contributed by atoms with van der Waals surface area (Å²) in [4.78, 5) is 11.4. The molecule has 0 aliphatic rings. The van der Waals surface area contributed by atoms with Gasteiger partial charge in [0.05, 0.1) is 17.3 Å². The molecule has 0 bridgehead atoms. The van der Waals surface area contributed by atoms with Crippen molar-refractivity contribution in [3.63, 3.8) is 0 Å². The van der Waals surface area contributed by atoms with Gasteiger partial charge in [-0.3, -0.25) is 9.52 Å². The first kappa shape index (κ1) is 13.7. The number of hydrogen-bond acceptors (Lipinski definition) is 3. The highest BCUT2D eigenvalue weighted by Crippen LogP contribution is 2.24. The van der Waals surface area contributed by atoms with E-state index in [1.54, 1.807) is 18.2 Å². The van der Waals surface area contributed by atoms with Gasteiger partial charge in [-0.25, -0.2) is 8.42 Å². The van der Waals surface area contributed by atoms with Crippen molar-refractivity contribution >= 4 is 53.4 Å². The second-order valence-electron chi connectivity index (χ2n) is 3.13. The number of rotatable bonds is 4. The van der Waals surface area contributed by atoms with Crippen molar-refractivity contribution < 1.29 is 13.2 Å². The van der Waals surface area contributed by atoms with Crippen LogP contribution in [0.4, 0.5) is 5.69 Å². The molecule has 1 aromatic rings. The number of nitrogens with one attached hydrogen (secondary N) is 1. The molecule has 0 aliphatic heterocycles. The summed E-state index contributed by atoms with van der Waals surface area (Å²) in [5, 5.41) is 0.234. The van der Waals surface area contributed by atoms with Crippen LogP contribution < -0.4 is 4.72 Å². The minimum atomic E-state index is -3.31. The van der Waals surface area contributed by atoms with Gasteiger partial charge in [0, 0.05) is 10.0 Å². The van der Waals surface area contributed by atoms with Crippen molar-refractivity contribution in [3.8, 4) is 0 Å². The van der Waals surface area contributed by atoms with E-state index in [2.05, 4.69) is 36.6 Å². The van der Waals surface area contributed by atoms with E-state index in [1.807, 2.05) is 0 Å². The third-order valence-corrected chi connectivity index (χ3v) is 3.46. The van der Waals surface area contributed by atoms with Gasteiger partial charge in [-0.15, -0.1) is 0 Å². The smallest absolute Gasteiger partial charge is 0.229 e. The maximum absolute atomic E-state index is 11.4. The molecule has 0 atom stereocenters. The second-order valence-corrected chi connectivity index (χ2v) is 6.29. The van der Waals surface area contributed by atoms with Crippen molar-refractivity contribution in [1.29, 1.82) is 0 Å². The van der Waals surface area contributed by atoms with Crippen molar-refractivity contribution in [1.82, 2.24) is 0 Å². The minimum absolute atomic E-state index is 0.0633. The van der Waals surface area contributed by atoms with E-state index in [1.165, 1.54) is 0 Å². The van der Waals surface area contributed by atoms with Gasteiger partial charge < -0.3 is 0 Å². The van der Waals surface area contributed by atoms with E-state index in [9.17, 15) is 13.2 Å². The lowest BCUT2D eigenvalue weighted by molar-refractivity contribution is 0.102. The molecule has 1 N–H and O–H groups in total. The quantitative estimate of drug-likeness (QED) is 0.653. The van der Waals surface area contributed by atoms with Crippen LogP contribution in [0, 0.1) is 0 Å². The Balaban J connectivity index is 3.05. The molecule has 0 spiro atoms. The van der Waals surface area contributed by atoms with Crippen molar-refractivity contribution in [2.24, 2.45) is 0 Å². The number of sulfonamides is 1. The predicted molar refractivity (Wildman–Crippen MR) is 70.7 cm³/mol. The highest BCUT2D eigenvalue weighted by molar-refractivity contribution is 9.10. The summed E-state index contributed by atoms with van der Waals surface area (Å²) in [6.07, 6.45) is 1.07. The average Bonchev–Trinajstić information content (AvgIpc) is 2.18. The number of carbonyl (C=O) groups is 1. The van der Waals surface area contributed by atoms with Crippen molar-refractivity contribution in [2.45, 2.75) is 0 Å². The SMILES string of the molecule is CS(=O)(=O)Nc1ccc(C(=O)CBr)cc1Br. The standard InChI is InChI=1S/C9H9Br2NO3S/c1-16(14,15)12-8-3-2-6(4-7(8)11)9(13)5-10/h2-4,12H,5H2,1H3. The number of ketones is 1. The zero-order valence-electron chi connectivity index (χ0n) is 8.33. The van der Waals surface area contributed by atoms with E-state index in [0.29, 0.717) is 15.7 Å². The van der Waals surface area contributed by atoms with Crippen molar-refractivity contribution in [2.75, 3.05) is 16.3 Å². The largest absolute Gasteiger partial charge is 0.293 e. The van der Waals surface area contributed by atoms with E-state index in [4.69, 9.17) is 0 Å². The molecule has 1 aromatic carbocycles. The van der Waals surface area contributed by atoms with Gasteiger partial charge in [0.1, 0.15) is 0 Å². The summed E-state index contributed by atoms with van der Waals surface area (Å²) in [6.45, 7) is 0. The van der Waals surface area contributed by atoms with Crippen LogP contribution in [0.3, 0.4) is 0 Å².